The Morgan fingerprint density at radius 1 is 1.56 bits per heavy atom. The predicted molar refractivity (Wildman–Crippen MR) is 55.7 cm³/mol. The molecule has 1 aromatic heterocycles. The van der Waals surface area contributed by atoms with Gasteiger partial charge < -0.3 is 9.73 Å². The highest BCUT2D eigenvalue weighted by molar-refractivity contribution is 6.03. The van der Waals surface area contributed by atoms with Crippen LogP contribution < -0.4 is 11.1 Å². The van der Waals surface area contributed by atoms with Gasteiger partial charge in [0.2, 0.25) is 0 Å². The Labute approximate surface area is 89.7 Å². The van der Waals surface area contributed by atoms with E-state index in [1.807, 2.05) is 0 Å². The van der Waals surface area contributed by atoms with Gasteiger partial charge in [0, 0.05) is 18.8 Å². The van der Waals surface area contributed by atoms with Gasteiger partial charge in [-0.05, 0) is 12.1 Å². The van der Waals surface area contributed by atoms with E-state index in [9.17, 15) is 9.59 Å². The largest absolute Gasteiger partial charge is 0.419 e. The fourth-order valence-electron chi connectivity index (χ4n) is 1.37. The number of oxazole rings is 1. The molecule has 16 heavy (non-hydrogen) atoms. The number of carbonyl (C=O) groups excluding carboxylic acids is 1. The van der Waals surface area contributed by atoms with Gasteiger partial charge >= 0.3 is 11.7 Å². The number of rotatable bonds is 1. The zero-order valence-electron chi connectivity index (χ0n) is 8.35. The van der Waals surface area contributed by atoms with E-state index in [4.69, 9.17) is 9.68 Å². The topological polar surface area (TPSA) is 88.0 Å². The second-order valence-corrected chi connectivity index (χ2v) is 3.18. The van der Waals surface area contributed by atoms with Crippen molar-refractivity contribution >= 4 is 22.7 Å². The molecule has 6 heteroatoms. The Hall–Kier alpha value is -2.55. The van der Waals surface area contributed by atoms with Gasteiger partial charge in [-0.25, -0.2) is 4.79 Å². The first kappa shape index (κ1) is 9.98. The summed E-state index contributed by atoms with van der Waals surface area (Å²) in [6.45, 7) is 0. The summed E-state index contributed by atoms with van der Waals surface area (Å²) in [7, 11) is 1.59. The first-order valence-electron chi connectivity index (χ1n) is 4.42. The van der Waals surface area contributed by atoms with Gasteiger partial charge in [-0.2, -0.15) is 5.26 Å². The minimum atomic E-state index is -0.766. The molecule has 0 aliphatic heterocycles. The molecule has 2 aromatic rings. The highest BCUT2D eigenvalue weighted by atomic mass is 16.4. The van der Waals surface area contributed by atoms with Crippen molar-refractivity contribution in [3.8, 4) is 6.07 Å². The number of nitrogens with one attached hydrogen (secondary N) is 1. The average Bonchev–Trinajstić information content (AvgIpc) is 2.54. The van der Waals surface area contributed by atoms with Crippen molar-refractivity contribution in [1.82, 2.24) is 4.57 Å². The molecule has 1 amide bonds. The van der Waals surface area contributed by atoms with Crippen LogP contribution in [0.15, 0.2) is 27.4 Å². The van der Waals surface area contributed by atoms with E-state index >= 15 is 0 Å². The summed E-state index contributed by atoms with van der Waals surface area (Å²) < 4.78 is 6.28. The van der Waals surface area contributed by atoms with Crippen molar-refractivity contribution < 1.29 is 9.21 Å². The van der Waals surface area contributed by atoms with Crippen molar-refractivity contribution in [1.29, 1.82) is 5.26 Å². The molecule has 80 valence electrons. The lowest BCUT2D eigenvalue weighted by Crippen LogP contribution is -2.08. The summed E-state index contributed by atoms with van der Waals surface area (Å²) in [4.78, 5) is 22.0. The SMILES string of the molecule is Cn1c(=O)oc2cc(NC(=O)C#N)ccc21. The summed E-state index contributed by atoms with van der Waals surface area (Å²) in [5.74, 6) is -1.24. The van der Waals surface area contributed by atoms with E-state index in [0.717, 1.165) is 0 Å². The average molecular weight is 217 g/mol. The molecule has 2 rings (SSSR count). The minimum Gasteiger partial charge on any atom is -0.408 e. The van der Waals surface area contributed by atoms with Gasteiger partial charge in [0.25, 0.3) is 0 Å². The molecule has 1 heterocycles. The predicted octanol–water partition coefficient (Wildman–Crippen LogP) is 0.594. The maximum atomic E-state index is 11.2. The molecular formula is C10H7N3O3. The quantitative estimate of drug-likeness (QED) is 0.708. The van der Waals surface area contributed by atoms with Gasteiger partial charge in [0.05, 0.1) is 5.52 Å². The Kier molecular flexibility index (Phi) is 2.21. The van der Waals surface area contributed by atoms with E-state index in [-0.39, 0.29) is 0 Å². The smallest absolute Gasteiger partial charge is 0.408 e. The van der Waals surface area contributed by atoms with Gasteiger partial charge in [-0.3, -0.25) is 9.36 Å². The number of aromatic nitrogens is 1. The Balaban J connectivity index is 2.49. The maximum absolute atomic E-state index is 11.2. The van der Waals surface area contributed by atoms with Crippen LogP contribution in [0.4, 0.5) is 5.69 Å². The molecule has 0 bridgehead atoms. The van der Waals surface area contributed by atoms with Crippen molar-refractivity contribution in [3.63, 3.8) is 0 Å². The summed E-state index contributed by atoms with van der Waals surface area (Å²) in [5.41, 5.74) is 1.40. The summed E-state index contributed by atoms with van der Waals surface area (Å²) in [5, 5.41) is 10.7. The first-order chi connectivity index (χ1) is 7.61. The third-order valence-corrected chi connectivity index (χ3v) is 2.15. The van der Waals surface area contributed by atoms with Gasteiger partial charge in [0.15, 0.2) is 11.7 Å². The fraction of sp³-hybridized carbons (Fsp3) is 0.100. The standard InChI is InChI=1S/C10H7N3O3/c1-13-7-3-2-6(12-9(14)5-11)4-8(7)16-10(13)15/h2-4H,1H3,(H,12,14). The van der Waals surface area contributed by atoms with Crippen molar-refractivity contribution in [3.05, 3.63) is 28.7 Å². The number of amides is 1. The zero-order valence-corrected chi connectivity index (χ0v) is 8.35. The maximum Gasteiger partial charge on any atom is 0.419 e. The second-order valence-electron chi connectivity index (χ2n) is 3.18. The lowest BCUT2D eigenvalue weighted by molar-refractivity contribution is -0.111. The number of benzene rings is 1. The number of hydrogen-bond donors (Lipinski definition) is 1. The highest BCUT2D eigenvalue weighted by Crippen LogP contribution is 2.17. The van der Waals surface area contributed by atoms with E-state index < -0.39 is 11.7 Å². The molecular weight excluding hydrogens is 210 g/mol. The van der Waals surface area contributed by atoms with Gasteiger partial charge in [-0.15, -0.1) is 0 Å². The number of hydrogen-bond acceptors (Lipinski definition) is 4. The molecule has 0 radical (unpaired) electrons. The molecule has 0 unspecified atom stereocenters. The third-order valence-electron chi connectivity index (χ3n) is 2.15. The molecule has 0 saturated heterocycles. The van der Waals surface area contributed by atoms with Crippen LogP contribution in [0.1, 0.15) is 0 Å². The number of anilines is 1. The number of aryl methyl sites for hydroxylation is 1. The Morgan fingerprint density at radius 3 is 3.00 bits per heavy atom. The van der Waals surface area contributed by atoms with Gasteiger partial charge in [-0.1, -0.05) is 0 Å². The normalized spacial score (nSPS) is 10.0. The summed E-state index contributed by atoms with van der Waals surface area (Å²) in [6.07, 6.45) is 0. The molecule has 6 nitrogen and oxygen atoms in total. The molecule has 0 atom stereocenters. The highest BCUT2D eigenvalue weighted by Gasteiger charge is 2.07. The van der Waals surface area contributed by atoms with Crippen LogP contribution in [-0.2, 0) is 11.8 Å². The van der Waals surface area contributed by atoms with Crippen LogP contribution in [0.2, 0.25) is 0 Å². The molecule has 0 aliphatic carbocycles. The van der Waals surface area contributed by atoms with Crippen molar-refractivity contribution in [2.24, 2.45) is 7.05 Å². The lowest BCUT2D eigenvalue weighted by atomic mass is 10.3. The Morgan fingerprint density at radius 2 is 2.31 bits per heavy atom. The minimum absolute atomic E-state index is 0.364. The monoisotopic (exact) mass is 217 g/mol. The molecule has 0 fully saturated rings. The number of nitrogens with zero attached hydrogens (tertiary/aromatic N) is 2. The van der Waals surface area contributed by atoms with Gasteiger partial charge in [0.1, 0.15) is 0 Å². The second kappa shape index (κ2) is 3.55. The Bertz CT molecular complexity index is 660. The van der Waals surface area contributed by atoms with Crippen molar-refractivity contribution in [2.45, 2.75) is 0 Å². The summed E-state index contributed by atoms with van der Waals surface area (Å²) in [6, 6.07) is 6.14. The van der Waals surface area contributed by atoms with Crippen LogP contribution in [-0.4, -0.2) is 10.5 Å². The zero-order chi connectivity index (χ0) is 11.7. The molecule has 1 aromatic carbocycles. The fourth-order valence-corrected chi connectivity index (χ4v) is 1.37. The van der Waals surface area contributed by atoms with Crippen LogP contribution >= 0.6 is 0 Å². The number of nitriles is 1. The summed E-state index contributed by atoms with van der Waals surface area (Å²) >= 11 is 0. The first-order valence-corrected chi connectivity index (χ1v) is 4.42. The van der Waals surface area contributed by atoms with E-state index in [1.165, 1.54) is 16.7 Å². The number of fused-ring (bicyclic) bond motifs is 1. The lowest BCUT2D eigenvalue weighted by Gasteiger charge is -1.99. The number of carbonyl (C=O) groups is 1. The molecule has 0 spiro atoms. The van der Waals surface area contributed by atoms with Crippen LogP contribution in [0, 0.1) is 11.3 Å². The van der Waals surface area contributed by atoms with Crippen molar-refractivity contribution in [2.75, 3.05) is 5.32 Å². The van der Waals surface area contributed by atoms with E-state index in [1.54, 1.807) is 19.2 Å². The van der Waals surface area contributed by atoms with Crippen LogP contribution in [0.25, 0.3) is 11.1 Å². The van der Waals surface area contributed by atoms with E-state index in [0.29, 0.717) is 16.8 Å². The van der Waals surface area contributed by atoms with Crippen LogP contribution in [0.5, 0.6) is 0 Å². The van der Waals surface area contributed by atoms with Crippen LogP contribution in [0.3, 0.4) is 0 Å². The third kappa shape index (κ3) is 1.54. The molecule has 1 N–H and O–H groups in total. The molecule has 0 saturated carbocycles. The molecule has 0 aliphatic rings. The van der Waals surface area contributed by atoms with E-state index in [2.05, 4.69) is 5.32 Å².